The van der Waals surface area contributed by atoms with Crippen molar-refractivity contribution in [1.82, 2.24) is 10.2 Å². The van der Waals surface area contributed by atoms with E-state index in [1.54, 1.807) is 0 Å². The molecule has 2 unspecified atom stereocenters. The third-order valence-electron chi connectivity index (χ3n) is 4.72. The summed E-state index contributed by atoms with van der Waals surface area (Å²) in [5, 5.41) is 3.46. The molecule has 2 fully saturated rings. The molecule has 2 heterocycles. The van der Waals surface area contributed by atoms with Gasteiger partial charge in [-0.1, -0.05) is 30.3 Å². The van der Waals surface area contributed by atoms with Crippen molar-refractivity contribution in [2.24, 2.45) is 5.92 Å². The summed E-state index contributed by atoms with van der Waals surface area (Å²) >= 11 is 0. The molecule has 2 aliphatic rings. The van der Waals surface area contributed by atoms with Gasteiger partial charge in [-0.3, -0.25) is 4.79 Å². The third kappa shape index (κ3) is 3.04. The molecule has 2 saturated heterocycles. The molecule has 20 heavy (non-hydrogen) atoms. The largest absolute Gasteiger partial charge is 0.339 e. The van der Waals surface area contributed by atoms with Crippen molar-refractivity contribution in [2.75, 3.05) is 19.6 Å². The zero-order valence-corrected chi connectivity index (χ0v) is 12.1. The molecule has 0 aliphatic carbocycles. The fourth-order valence-electron chi connectivity index (χ4n) is 3.64. The monoisotopic (exact) mass is 272 g/mol. The van der Waals surface area contributed by atoms with Gasteiger partial charge in [0.15, 0.2) is 0 Å². The number of nitrogens with zero attached hydrogens (tertiary/aromatic N) is 1. The Bertz CT molecular complexity index is 446. The Morgan fingerprint density at radius 3 is 2.90 bits per heavy atom. The van der Waals surface area contributed by atoms with Crippen LogP contribution >= 0.6 is 0 Å². The Morgan fingerprint density at radius 2 is 2.05 bits per heavy atom. The van der Waals surface area contributed by atoms with E-state index in [1.165, 1.54) is 5.56 Å². The Hall–Kier alpha value is -1.35. The standard InChI is InChI=1S/C17H24N2O/c20-17-9-8-15-13-18-11-10-16(15)19(17)12-4-7-14-5-2-1-3-6-14/h1-3,5-6,15-16,18H,4,7-13H2. The minimum absolute atomic E-state index is 0.376. The van der Waals surface area contributed by atoms with Gasteiger partial charge in [-0.05, 0) is 50.3 Å². The van der Waals surface area contributed by atoms with Crippen LogP contribution in [0.3, 0.4) is 0 Å². The van der Waals surface area contributed by atoms with Crippen molar-refractivity contribution >= 4 is 5.91 Å². The van der Waals surface area contributed by atoms with E-state index in [4.69, 9.17) is 0 Å². The van der Waals surface area contributed by atoms with Gasteiger partial charge in [0.1, 0.15) is 0 Å². The molecule has 1 N–H and O–H groups in total. The maximum absolute atomic E-state index is 12.2. The van der Waals surface area contributed by atoms with Crippen molar-refractivity contribution < 1.29 is 4.79 Å². The maximum Gasteiger partial charge on any atom is 0.222 e. The summed E-state index contributed by atoms with van der Waals surface area (Å²) in [6, 6.07) is 11.1. The predicted molar refractivity (Wildman–Crippen MR) is 80.5 cm³/mol. The average molecular weight is 272 g/mol. The lowest BCUT2D eigenvalue weighted by Gasteiger charge is -2.44. The van der Waals surface area contributed by atoms with E-state index >= 15 is 0 Å². The molecule has 0 aromatic heterocycles. The Labute approximate surface area is 121 Å². The normalized spacial score (nSPS) is 26.4. The molecule has 1 aromatic carbocycles. The lowest BCUT2D eigenvalue weighted by Crippen LogP contribution is -2.55. The number of carbonyl (C=O) groups excluding carboxylic acids is 1. The van der Waals surface area contributed by atoms with Crippen molar-refractivity contribution in [3.05, 3.63) is 35.9 Å². The lowest BCUT2D eigenvalue weighted by atomic mass is 9.84. The number of fused-ring (bicyclic) bond motifs is 1. The molecule has 0 radical (unpaired) electrons. The molecule has 2 atom stereocenters. The van der Waals surface area contributed by atoms with Gasteiger partial charge in [0, 0.05) is 19.0 Å². The molecule has 1 aromatic rings. The second-order valence-corrected chi connectivity index (χ2v) is 6.04. The number of carbonyl (C=O) groups is 1. The molecule has 0 saturated carbocycles. The highest BCUT2D eigenvalue weighted by Gasteiger charge is 2.36. The maximum atomic E-state index is 12.2. The fraction of sp³-hybridized carbons (Fsp3) is 0.588. The number of nitrogens with one attached hydrogen (secondary N) is 1. The summed E-state index contributed by atoms with van der Waals surface area (Å²) in [6.07, 6.45) is 5.09. The van der Waals surface area contributed by atoms with Crippen LogP contribution in [0, 0.1) is 5.92 Å². The number of aryl methyl sites for hydroxylation is 1. The van der Waals surface area contributed by atoms with E-state index in [0.717, 1.165) is 51.7 Å². The third-order valence-corrected chi connectivity index (χ3v) is 4.72. The van der Waals surface area contributed by atoms with Gasteiger partial charge in [0.05, 0.1) is 0 Å². The average Bonchev–Trinajstić information content (AvgIpc) is 2.50. The predicted octanol–water partition coefficient (Wildman–Crippen LogP) is 2.22. The van der Waals surface area contributed by atoms with Crippen LogP contribution in [0.25, 0.3) is 0 Å². The minimum atomic E-state index is 0.376. The second-order valence-electron chi connectivity index (χ2n) is 6.04. The number of amides is 1. The van der Waals surface area contributed by atoms with E-state index in [9.17, 15) is 4.79 Å². The van der Waals surface area contributed by atoms with Crippen LogP contribution in [0.4, 0.5) is 0 Å². The Morgan fingerprint density at radius 1 is 1.20 bits per heavy atom. The highest BCUT2D eigenvalue weighted by Crippen LogP contribution is 2.28. The number of piperidine rings is 2. The van der Waals surface area contributed by atoms with E-state index < -0.39 is 0 Å². The van der Waals surface area contributed by atoms with E-state index in [-0.39, 0.29) is 0 Å². The SMILES string of the molecule is O=C1CCC2CNCCC2N1CCCc1ccccc1. The lowest BCUT2D eigenvalue weighted by molar-refractivity contribution is -0.139. The van der Waals surface area contributed by atoms with Crippen LogP contribution in [-0.2, 0) is 11.2 Å². The summed E-state index contributed by atoms with van der Waals surface area (Å²) in [6.45, 7) is 3.08. The first-order valence-corrected chi connectivity index (χ1v) is 7.89. The first-order valence-electron chi connectivity index (χ1n) is 7.89. The van der Waals surface area contributed by atoms with Gasteiger partial charge in [0.2, 0.25) is 5.91 Å². The van der Waals surface area contributed by atoms with Crippen molar-refractivity contribution in [3.63, 3.8) is 0 Å². The van der Waals surface area contributed by atoms with Crippen LogP contribution in [-0.4, -0.2) is 36.5 Å². The second kappa shape index (κ2) is 6.40. The van der Waals surface area contributed by atoms with Crippen LogP contribution in [0.5, 0.6) is 0 Å². The zero-order valence-electron chi connectivity index (χ0n) is 12.1. The van der Waals surface area contributed by atoms with Gasteiger partial charge in [-0.25, -0.2) is 0 Å². The first-order chi connectivity index (χ1) is 9.84. The fourth-order valence-corrected chi connectivity index (χ4v) is 3.64. The molecular formula is C17H24N2O. The summed E-state index contributed by atoms with van der Waals surface area (Å²) in [7, 11) is 0. The summed E-state index contributed by atoms with van der Waals surface area (Å²) < 4.78 is 0. The molecule has 0 bridgehead atoms. The van der Waals surface area contributed by atoms with Crippen LogP contribution in [0.2, 0.25) is 0 Å². The van der Waals surface area contributed by atoms with Crippen molar-refractivity contribution in [3.8, 4) is 0 Å². The Balaban J connectivity index is 1.55. The van der Waals surface area contributed by atoms with E-state index in [2.05, 4.69) is 40.5 Å². The molecule has 1 amide bonds. The van der Waals surface area contributed by atoms with Crippen molar-refractivity contribution in [2.45, 2.75) is 38.1 Å². The van der Waals surface area contributed by atoms with Gasteiger partial charge < -0.3 is 10.2 Å². The number of hydrogen-bond donors (Lipinski definition) is 1. The summed E-state index contributed by atoms with van der Waals surface area (Å²) in [5.41, 5.74) is 1.37. The molecule has 3 nitrogen and oxygen atoms in total. The van der Waals surface area contributed by atoms with Crippen LogP contribution < -0.4 is 5.32 Å². The highest BCUT2D eigenvalue weighted by atomic mass is 16.2. The quantitative estimate of drug-likeness (QED) is 0.911. The Kier molecular flexibility index (Phi) is 4.36. The van der Waals surface area contributed by atoms with Gasteiger partial charge in [0.25, 0.3) is 0 Å². The minimum Gasteiger partial charge on any atom is -0.339 e. The molecule has 108 valence electrons. The number of benzene rings is 1. The van der Waals surface area contributed by atoms with Crippen LogP contribution in [0.15, 0.2) is 30.3 Å². The first kappa shape index (κ1) is 13.6. The van der Waals surface area contributed by atoms with Gasteiger partial charge >= 0.3 is 0 Å². The molecule has 2 aliphatic heterocycles. The molecule has 0 spiro atoms. The van der Waals surface area contributed by atoms with Gasteiger partial charge in [-0.2, -0.15) is 0 Å². The van der Waals surface area contributed by atoms with Crippen LogP contribution in [0.1, 0.15) is 31.2 Å². The number of hydrogen-bond acceptors (Lipinski definition) is 2. The smallest absolute Gasteiger partial charge is 0.222 e. The van der Waals surface area contributed by atoms with E-state index in [0.29, 0.717) is 17.9 Å². The topological polar surface area (TPSA) is 32.3 Å². The summed E-state index contributed by atoms with van der Waals surface area (Å²) in [5.74, 6) is 1.05. The number of likely N-dealkylation sites (tertiary alicyclic amines) is 1. The van der Waals surface area contributed by atoms with Gasteiger partial charge in [-0.15, -0.1) is 0 Å². The summed E-state index contributed by atoms with van der Waals surface area (Å²) in [4.78, 5) is 14.4. The molecule has 3 heteroatoms. The number of rotatable bonds is 4. The molecular weight excluding hydrogens is 248 g/mol. The van der Waals surface area contributed by atoms with Crippen molar-refractivity contribution in [1.29, 1.82) is 0 Å². The highest BCUT2D eigenvalue weighted by molar-refractivity contribution is 5.77. The molecule has 3 rings (SSSR count). The van der Waals surface area contributed by atoms with E-state index in [1.807, 2.05) is 0 Å². The zero-order chi connectivity index (χ0) is 13.8.